The molecule has 0 atom stereocenters. The fourth-order valence-electron chi connectivity index (χ4n) is 1.78. The molecule has 2 aromatic carbocycles. The number of nitriles is 1. The summed E-state index contributed by atoms with van der Waals surface area (Å²) < 4.78 is 5.78. The zero-order valence-electron chi connectivity index (χ0n) is 10.6. The molecule has 0 aliphatic heterocycles. The second kappa shape index (κ2) is 5.37. The van der Waals surface area contributed by atoms with Gasteiger partial charge in [-0.05, 0) is 48.7 Å². The Kier molecular flexibility index (Phi) is 3.64. The molecule has 0 aromatic heterocycles. The van der Waals surface area contributed by atoms with Gasteiger partial charge >= 0.3 is 0 Å². The second-order valence-corrected chi connectivity index (χ2v) is 4.21. The maximum Gasteiger partial charge on any atom is 0.145 e. The van der Waals surface area contributed by atoms with E-state index in [2.05, 4.69) is 19.1 Å². The molecule has 90 valence electrons. The van der Waals surface area contributed by atoms with E-state index >= 15 is 0 Å². The summed E-state index contributed by atoms with van der Waals surface area (Å²) in [5.74, 6) is 1.38. The summed E-state index contributed by atoms with van der Waals surface area (Å²) in [6.45, 7) is 4.06. The van der Waals surface area contributed by atoms with E-state index in [1.807, 2.05) is 43.3 Å². The van der Waals surface area contributed by atoms with Crippen LogP contribution >= 0.6 is 0 Å². The molecule has 0 heterocycles. The van der Waals surface area contributed by atoms with Gasteiger partial charge in [-0.1, -0.05) is 25.1 Å². The zero-order chi connectivity index (χ0) is 13.0. The molecule has 0 unspecified atom stereocenters. The molecular weight excluding hydrogens is 222 g/mol. The Balaban J connectivity index is 2.31. The Morgan fingerprint density at radius 1 is 1.17 bits per heavy atom. The van der Waals surface area contributed by atoms with Crippen LogP contribution in [-0.4, -0.2) is 0 Å². The van der Waals surface area contributed by atoms with Gasteiger partial charge in [-0.15, -0.1) is 0 Å². The highest BCUT2D eigenvalue weighted by atomic mass is 16.5. The Hall–Kier alpha value is -2.27. The van der Waals surface area contributed by atoms with Crippen molar-refractivity contribution in [1.82, 2.24) is 0 Å². The lowest BCUT2D eigenvalue weighted by Gasteiger charge is -2.09. The topological polar surface area (TPSA) is 33.0 Å². The van der Waals surface area contributed by atoms with Gasteiger partial charge in [0.2, 0.25) is 0 Å². The van der Waals surface area contributed by atoms with Crippen LogP contribution in [0.1, 0.15) is 23.6 Å². The smallest absolute Gasteiger partial charge is 0.145 e. The minimum absolute atomic E-state index is 0.567. The fraction of sp³-hybridized carbons (Fsp3) is 0.188. The summed E-state index contributed by atoms with van der Waals surface area (Å²) in [6, 6.07) is 15.7. The number of rotatable bonds is 3. The molecule has 0 saturated heterocycles. The lowest BCUT2D eigenvalue weighted by atomic mass is 10.1. The van der Waals surface area contributed by atoms with Crippen LogP contribution < -0.4 is 4.74 Å². The van der Waals surface area contributed by atoms with E-state index in [-0.39, 0.29) is 0 Å². The van der Waals surface area contributed by atoms with Crippen LogP contribution in [0.15, 0.2) is 42.5 Å². The van der Waals surface area contributed by atoms with Crippen LogP contribution in [-0.2, 0) is 6.42 Å². The van der Waals surface area contributed by atoms with Crippen molar-refractivity contribution in [1.29, 1.82) is 5.26 Å². The number of nitrogens with zero attached hydrogens (tertiary/aromatic N) is 1. The number of ether oxygens (including phenoxy) is 1. The highest BCUT2D eigenvalue weighted by Gasteiger charge is 2.05. The monoisotopic (exact) mass is 237 g/mol. The molecule has 0 aliphatic rings. The van der Waals surface area contributed by atoms with Gasteiger partial charge < -0.3 is 4.74 Å². The Morgan fingerprint density at radius 2 is 2.00 bits per heavy atom. The van der Waals surface area contributed by atoms with Crippen LogP contribution in [0.2, 0.25) is 0 Å². The van der Waals surface area contributed by atoms with Crippen LogP contribution in [0, 0.1) is 18.3 Å². The molecule has 2 heteroatoms. The van der Waals surface area contributed by atoms with Gasteiger partial charge in [-0.25, -0.2) is 0 Å². The highest BCUT2D eigenvalue weighted by Crippen LogP contribution is 2.26. The Bertz CT molecular complexity index is 596. The molecule has 2 rings (SSSR count). The van der Waals surface area contributed by atoms with E-state index in [4.69, 9.17) is 10.00 Å². The Labute approximate surface area is 107 Å². The van der Waals surface area contributed by atoms with E-state index in [0.29, 0.717) is 11.3 Å². The quantitative estimate of drug-likeness (QED) is 0.800. The predicted octanol–water partition coefficient (Wildman–Crippen LogP) is 4.22. The third-order valence-corrected chi connectivity index (χ3v) is 2.79. The van der Waals surface area contributed by atoms with E-state index in [1.54, 1.807) is 0 Å². The largest absolute Gasteiger partial charge is 0.456 e. The van der Waals surface area contributed by atoms with E-state index in [1.165, 1.54) is 5.56 Å². The van der Waals surface area contributed by atoms with Crippen LogP contribution in [0.4, 0.5) is 0 Å². The summed E-state index contributed by atoms with van der Waals surface area (Å²) >= 11 is 0. The summed E-state index contributed by atoms with van der Waals surface area (Å²) in [6.07, 6.45) is 0.968. The molecule has 0 fully saturated rings. The first-order valence-corrected chi connectivity index (χ1v) is 6.00. The molecule has 0 bridgehead atoms. The van der Waals surface area contributed by atoms with Crippen LogP contribution in [0.3, 0.4) is 0 Å². The maximum atomic E-state index is 9.09. The summed E-state index contributed by atoms with van der Waals surface area (Å²) in [7, 11) is 0. The van der Waals surface area contributed by atoms with Crippen LogP contribution in [0.5, 0.6) is 11.5 Å². The van der Waals surface area contributed by atoms with Crippen molar-refractivity contribution >= 4 is 0 Å². The molecule has 2 nitrogen and oxygen atoms in total. The van der Waals surface area contributed by atoms with E-state index in [9.17, 15) is 0 Å². The third kappa shape index (κ3) is 2.70. The van der Waals surface area contributed by atoms with Crippen molar-refractivity contribution in [3.8, 4) is 17.6 Å². The molecule has 0 aliphatic carbocycles. The van der Waals surface area contributed by atoms with Gasteiger partial charge in [-0.3, -0.25) is 0 Å². The minimum Gasteiger partial charge on any atom is -0.456 e. The second-order valence-electron chi connectivity index (χ2n) is 4.21. The SMILES string of the molecule is CCc1cccc(Oc2ccc(C)cc2C#N)c1. The summed E-state index contributed by atoms with van der Waals surface area (Å²) in [5, 5.41) is 9.09. The first-order chi connectivity index (χ1) is 8.72. The minimum atomic E-state index is 0.567. The average molecular weight is 237 g/mol. The number of benzene rings is 2. The van der Waals surface area contributed by atoms with Crippen molar-refractivity contribution in [2.45, 2.75) is 20.3 Å². The summed E-state index contributed by atoms with van der Waals surface area (Å²) in [5.41, 5.74) is 2.84. The van der Waals surface area contributed by atoms with E-state index < -0.39 is 0 Å². The van der Waals surface area contributed by atoms with Gasteiger partial charge in [-0.2, -0.15) is 5.26 Å². The molecule has 0 amide bonds. The first-order valence-electron chi connectivity index (χ1n) is 6.00. The molecule has 0 saturated carbocycles. The first kappa shape index (κ1) is 12.2. The molecule has 18 heavy (non-hydrogen) atoms. The normalized spacial score (nSPS) is 9.83. The number of aryl methyl sites for hydroxylation is 2. The number of hydrogen-bond donors (Lipinski definition) is 0. The van der Waals surface area contributed by atoms with Gasteiger partial charge in [0.05, 0.1) is 5.56 Å². The molecule has 2 aromatic rings. The van der Waals surface area contributed by atoms with E-state index in [0.717, 1.165) is 17.7 Å². The van der Waals surface area contributed by atoms with Crippen molar-refractivity contribution in [3.05, 3.63) is 59.2 Å². The van der Waals surface area contributed by atoms with Crippen LogP contribution in [0.25, 0.3) is 0 Å². The average Bonchev–Trinajstić information content (AvgIpc) is 2.41. The van der Waals surface area contributed by atoms with Gasteiger partial charge in [0.1, 0.15) is 17.6 Å². The molecular formula is C16H15NO. The fourth-order valence-corrected chi connectivity index (χ4v) is 1.78. The zero-order valence-corrected chi connectivity index (χ0v) is 10.6. The van der Waals surface area contributed by atoms with Crippen molar-refractivity contribution in [3.63, 3.8) is 0 Å². The van der Waals surface area contributed by atoms with Crippen molar-refractivity contribution in [2.24, 2.45) is 0 Å². The highest BCUT2D eigenvalue weighted by molar-refractivity contribution is 5.47. The van der Waals surface area contributed by atoms with Gasteiger partial charge in [0.15, 0.2) is 0 Å². The lowest BCUT2D eigenvalue weighted by Crippen LogP contribution is -1.90. The molecule has 0 N–H and O–H groups in total. The van der Waals surface area contributed by atoms with Gasteiger partial charge in [0.25, 0.3) is 0 Å². The third-order valence-electron chi connectivity index (χ3n) is 2.79. The molecule has 0 radical (unpaired) electrons. The van der Waals surface area contributed by atoms with Crippen molar-refractivity contribution in [2.75, 3.05) is 0 Å². The maximum absolute atomic E-state index is 9.09. The van der Waals surface area contributed by atoms with Crippen molar-refractivity contribution < 1.29 is 4.74 Å². The summed E-state index contributed by atoms with van der Waals surface area (Å²) in [4.78, 5) is 0. The number of hydrogen-bond acceptors (Lipinski definition) is 2. The predicted molar refractivity (Wildman–Crippen MR) is 71.8 cm³/mol. The molecule has 0 spiro atoms. The van der Waals surface area contributed by atoms with Gasteiger partial charge in [0, 0.05) is 0 Å². The lowest BCUT2D eigenvalue weighted by molar-refractivity contribution is 0.480. The standard InChI is InChI=1S/C16H15NO/c1-3-13-5-4-6-15(10-13)18-16-8-7-12(2)9-14(16)11-17/h4-10H,3H2,1-2H3. The Morgan fingerprint density at radius 3 is 2.72 bits per heavy atom.